The van der Waals surface area contributed by atoms with E-state index in [1.807, 2.05) is 0 Å². The molecule has 2 aliphatic carbocycles. The average molecular weight is 249 g/mol. The molecule has 0 bridgehead atoms. The van der Waals surface area contributed by atoms with E-state index in [-0.39, 0.29) is 0 Å². The minimum atomic E-state index is 0.904. The van der Waals surface area contributed by atoms with Gasteiger partial charge in [-0.15, -0.1) is 0 Å². The number of hydrogen-bond donors (Lipinski definition) is 1. The number of hydrogen-bond acceptors (Lipinski definition) is 1. The van der Waals surface area contributed by atoms with Gasteiger partial charge in [0.05, 0.1) is 0 Å². The molecule has 2 saturated carbocycles. The minimum absolute atomic E-state index is 0.904. The first-order valence-electron chi connectivity index (χ1n) is 7.91. The van der Waals surface area contributed by atoms with Crippen LogP contribution < -0.4 is 5.32 Å². The van der Waals surface area contributed by atoms with E-state index >= 15 is 0 Å². The molecule has 1 aliphatic heterocycles. The van der Waals surface area contributed by atoms with Crippen molar-refractivity contribution < 1.29 is 0 Å². The molecular weight excluding hydrogens is 222 g/mol. The maximum atomic E-state index is 4.95. The Labute approximate surface area is 111 Å². The Morgan fingerprint density at radius 2 is 1.78 bits per heavy atom. The summed E-state index contributed by atoms with van der Waals surface area (Å²) in [6.45, 7) is 6.64. The fourth-order valence-electron chi connectivity index (χ4n) is 3.28. The molecule has 18 heavy (non-hydrogen) atoms. The van der Waals surface area contributed by atoms with Crippen molar-refractivity contribution in [1.82, 2.24) is 10.2 Å². The van der Waals surface area contributed by atoms with Crippen LogP contribution in [-0.2, 0) is 0 Å². The van der Waals surface area contributed by atoms with Gasteiger partial charge < -0.3 is 10.2 Å². The van der Waals surface area contributed by atoms with Crippen molar-refractivity contribution in [2.24, 2.45) is 22.7 Å². The zero-order chi connectivity index (χ0) is 12.4. The normalized spacial score (nSPS) is 25.0. The Hall–Kier alpha value is -0.730. The van der Waals surface area contributed by atoms with Gasteiger partial charge in [-0.1, -0.05) is 0 Å². The highest BCUT2D eigenvalue weighted by Crippen LogP contribution is 2.49. The van der Waals surface area contributed by atoms with E-state index < -0.39 is 0 Å². The topological polar surface area (TPSA) is 27.6 Å². The summed E-state index contributed by atoms with van der Waals surface area (Å²) in [6, 6.07) is 0. The fraction of sp³-hybridized carbons (Fsp3) is 0.933. The molecule has 0 aromatic rings. The van der Waals surface area contributed by atoms with Gasteiger partial charge in [-0.25, -0.2) is 0 Å². The van der Waals surface area contributed by atoms with Gasteiger partial charge in [0.25, 0.3) is 0 Å². The largest absolute Gasteiger partial charge is 0.357 e. The van der Waals surface area contributed by atoms with E-state index in [4.69, 9.17) is 4.99 Å². The SMILES string of the molecule is CCNC(=NCC(C1CC1)C1CC1)N1CCCC1. The summed E-state index contributed by atoms with van der Waals surface area (Å²) in [5.74, 6) is 4.12. The summed E-state index contributed by atoms with van der Waals surface area (Å²) < 4.78 is 0. The van der Waals surface area contributed by atoms with Gasteiger partial charge >= 0.3 is 0 Å². The molecule has 0 atom stereocenters. The standard InChI is InChI=1S/C15H27N3/c1-2-16-15(18-9-3-4-10-18)17-11-14(12-5-6-12)13-7-8-13/h12-14H,2-11H2,1H3,(H,16,17). The van der Waals surface area contributed by atoms with E-state index in [0.717, 1.165) is 30.8 Å². The smallest absolute Gasteiger partial charge is 0.193 e. The Morgan fingerprint density at radius 3 is 2.28 bits per heavy atom. The highest BCUT2D eigenvalue weighted by Gasteiger charge is 2.41. The van der Waals surface area contributed by atoms with E-state index in [1.165, 1.54) is 57.6 Å². The number of rotatable bonds is 5. The van der Waals surface area contributed by atoms with Crippen molar-refractivity contribution in [2.75, 3.05) is 26.2 Å². The van der Waals surface area contributed by atoms with Crippen LogP contribution in [0.2, 0.25) is 0 Å². The number of aliphatic imine (C=N–C) groups is 1. The predicted octanol–water partition coefficient (Wildman–Crippen LogP) is 2.48. The second kappa shape index (κ2) is 5.50. The second-order valence-corrected chi connectivity index (χ2v) is 6.23. The lowest BCUT2D eigenvalue weighted by atomic mass is 9.98. The van der Waals surface area contributed by atoms with Crippen LogP contribution in [0.25, 0.3) is 0 Å². The highest BCUT2D eigenvalue weighted by molar-refractivity contribution is 5.80. The summed E-state index contributed by atoms with van der Waals surface area (Å²) in [5, 5.41) is 3.47. The molecule has 3 nitrogen and oxygen atoms in total. The first-order chi connectivity index (χ1) is 8.88. The van der Waals surface area contributed by atoms with E-state index in [1.54, 1.807) is 0 Å². The maximum absolute atomic E-state index is 4.95. The van der Waals surface area contributed by atoms with Crippen molar-refractivity contribution in [2.45, 2.75) is 45.4 Å². The molecule has 3 aliphatic rings. The molecular formula is C15H27N3. The first kappa shape index (κ1) is 12.3. The Morgan fingerprint density at radius 1 is 1.17 bits per heavy atom. The Bertz CT molecular complexity index is 287. The molecule has 0 aromatic heterocycles. The van der Waals surface area contributed by atoms with E-state index in [0.29, 0.717) is 0 Å². The van der Waals surface area contributed by atoms with Crippen molar-refractivity contribution in [3.05, 3.63) is 0 Å². The Kier molecular flexibility index (Phi) is 3.76. The van der Waals surface area contributed by atoms with Crippen molar-refractivity contribution in [3.8, 4) is 0 Å². The third-order valence-corrected chi connectivity index (χ3v) is 4.65. The third-order valence-electron chi connectivity index (χ3n) is 4.65. The van der Waals surface area contributed by atoms with Crippen molar-refractivity contribution >= 4 is 5.96 Å². The highest BCUT2D eigenvalue weighted by atomic mass is 15.3. The van der Waals surface area contributed by atoms with Crippen LogP contribution in [0.15, 0.2) is 4.99 Å². The molecule has 3 fully saturated rings. The second-order valence-electron chi connectivity index (χ2n) is 6.23. The molecule has 0 spiro atoms. The van der Waals surface area contributed by atoms with E-state index in [9.17, 15) is 0 Å². The van der Waals surface area contributed by atoms with Crippen LogP contribution in [-0.4, -0.2) is 37.0 Å². The third kappa shape index (κ3) is 2.99. The van der Waals surface area contributed by atoms with Crippen LogP contribution >= 0.6 is 0 Å². The molecule has 0 radical (unpaired) electrons. The summed E-state index contributed by atoms with van der Waals surface area (Å²) in [4.78, 5) is 7.39. The minimum Gasteiger partial charge on any atom is -0.357 e. The van der Waals surface area contributed by atoms with Crippen LogP contribution in [0.1, 0.15) is 45.4 Å². The lowest BCUT2D eigenvalue weighted by molar-refractivity contribution is 0.411. The van der Waals surface area contributed by atoms with Crippen molar-refractivity contribution in [1.29, 1.82) is 0 Å². The van der Waals surface area contributed by atoms with Gasteiger partial charge in [-0.05, 0) is 63.2 Å². The van der Waals surface area contributed by atoms with Crippen LogP contribution in [0.3, 0.4) is 0 Å². The van der Waals surface area contributed by atoms with Gasteiger partial charge in [0.15, 0.2) is 5.96 Å². The summed E-state index contributed by atoms with van der Waals surface area (Å²) >= 11 is 0. The molecule has 1 heterocycles. The zero-order valence-electron chi connectivity index (χ0n) is 11.7. The van der Waals surface area contributed by atoms with Gasteiger partial charge in [-0.3, -0.25) is 4.99 Å². The molecule has 1 saturated heterocycles. The summed E-state index contributed by atoms with van der Waals surface area (Å²) in [7, 11) is 0. The number of nitrogens with one attached hydrogen (secondary N) is 1. The van der Waals surface area contributed by atoms with E-state index in [2.05, 4.69) is 17.1 Å². The Balaban J connectivity index is 1.59. The maximum Gasteiger partial charge on any atom is 0.193 e. The predicted molar refractivity (Wildman–Crippen MR) is 75.7 cm³/mol. The first-order valence-corrected chi connectivity index (χ1v) is 7.91. The van der Waals surface area contributed by atoms with Crippen LogP contribution in [0.5, 0.6) is 0 Å². The number of likely N-dealkylation sites (tertiary alicyclic amines) is 1. The molecule has 1 N–H and O–H groups in total. The van der Waals surface area contributed by atoms with Crippen LogP contribution in [0.4, 0.5) is 0 Å². The lowest BCUT2D eigenvalue weighted by Gasteiger charge is -2.22. The number of nitrogens with zero attached hydrogens (tertiary/aromatic N) is 2. The molecule has 102 valence electrons. The zero-order valence-corrected chi connectivity index (χ0v) is 11.7. The van der Waals surface area contributed by atoms with Crippen LogP contribution in [0, 0.1) is 17.8 Å². The fourth-order valence-corrected chi connectivity index (χ4v) is 3.28. The lowest BCUT2D eigenvalue weighted by Crippen LogP contribution is -2.40. The number of guanidine groups is 1. The summed E-state index contributed by atoms with van der Waals surface area (Å²) in [5.41, 5.74) is 0. The molecule has 0 amide bonds. The van der Waals surface area contributed by atoms with Gasteiger partial charge in [0.1, 0.15) is 0 Å². The molecule has 3 rings (SSSR count). The summed E-state index contributed by atoms with van der Waals surface area (Å²) in [6.07, 6.45) is 8.54. The monoisotopic (exact) mass is 249 g/mol. The molecule has 0 aromatic carbocycles. The van der Waals surface area contributed by atoms with Crippen molar-refractivity contribution in [3.63, 3.8) is 0 Å². The molecule has 0 unspecified atom stereocenters. The van der Waals surface area contributed by atoms with Gasteiger partial charge in [0.2, 0.25) is 0 Å². The average Bonchev–Trinajstić information content (AvgIpc) is 3.30. The van der Waals surface area contributed by atoms with Gasteiger partial charge in [0, 0.05) is 26.2 Å². The quantitative estimate of drug-likeness (QED) is 0.599. The van der Waals surface area contributed by atoms with Gasteiger partial charge in [-0.2, -0.15) is 0 Å². The molecule has 3 heteroatoms.